The molecule has 0 heterocycles. The summed E-state index contributed by atoms with van der Waals surface area (Å²) >= 11 is 0. The standard InChI is InChI=1S/C20H26FN3O3S/c1-4-22-20(24-12-16-5-7-18(21)17(10-16)13-25)23-11-15-6-8-19(14(2)9-15)28(3,26)27/h5-10,25H,4,11-13H2,1-3H3,(H2,22,23,24). The van der Waals surface area contributed by atoms with E-state index in [4.69, 9.17) is 0 Å². The average Bonchev–Trinajstić information content (AvgIpc) is 2.64. The molecule has 0 aliphatic heterocycles. The van der Waals surface area contributed by atoms with E-state index in [1.165, 1.54) is 12.3 Å². The van der Waals surface area contributed by atoms with Crippen LogP contribution in [0, 0.1) is 12.7 Å². The van der Waals surface area contributed by atoms with Gasteiger partial charge in [0.1, 0.15) is 5.82 Å². The zero-order chi connectivity index (χ0) is 20.7. The molecule has 0 bridgehead atoms. The Morgan fingerprint density at radius 2 is 1.86 bits per heavy atom. The molecule has 0 saturated carbocycles. The van der Waals surface area contributed by atoms with Crippen LogP contribution in [-0.2, 0) is 29.5 Å². The third kappa shape index (κ3) is 6.03. The number of aliphatic hydroxyl groups excluding tert-OH is 1. The molecule has 0 amide bonds. The summed E-state index contributed by atoms with van der Waals surface area (Å²) < 4.78 is 36.9. The minimum Gasteiger partial charge on any atom is -0.392 e. The lowest BCUT2D eigenvalue weighted by molar-refractivity contribution is 0.275. The SMILES string of the molecule is CCNC(=NCc1ccc(S(C)(=O)=O)c(C)c1)NCc1ccc(F)c(CO)c1. The first-order valence-corrected chi connectivity index (χ1v) is 10.8. The second-order valence-electron chi connectivity index (χ2n) is 6.50. The highest BCUT2D eigenvalue weighted by molar-refractivity contribution is 7.90. The number of hydrogen-bond acceptors (Lipinski definition) is 4. The summed E-state index contributed by atoms with van der Waals surface area (Å²) in [6.07, 6.45) is 1.19. The minimum atomic E-state index is -3.24. The number of benzene rings is 2. The molecule has 0 atom stereocenters. The van der Waals surface area contributed by atoms with E-state index in [9.17, 15) is 17.9 Å². The molecular weight excluding hydrogens is 381 g/mol. The second-order valence-corrected chi connectivity index (χ2v) is 8.49. The lowest BCUT2D eigenvalue weighted by atomic mass is 10.1. The van der Waals surface area contributed by atoms with Crippen LogP contribution in [0.4, 0.5) is 4.39 Å². The lowest BCUT2D eigenvalue weighted by Crippen LogP contribution is -2.36. The average molecular weight is 408 g/mol. The van der Waals surface area contributed by atoms with Gasteiger partial charge in [-0.3, -0.25) is 0 Å². The predicted molar refractivity (Wildman–Crippen MR) is 108 cm³/mol. The van der Waals surface area contributed by atoms with Gasteiger partial charge >= 0.3 is 0 Å². The summed E-state index contributed by atoms with van der Waals surface area (Å²) in [5, 5.41) is 15.5. The zero-order valence-corrected chi connectivity index (χ0v) is 17.1. The Hall–Kier alpha value is -2.45. The first-order chi connectivity index (χ1) is 13.2. The molecule has 2 aromatic carbocycles. The van der Waals surface area contributed by atoms with Crippen LogP contribution in [-0.4, -0.2) is 32.3 Å². The van der Waals surface area contributed by atoms with Crippen LogP contribution < -0.4 is 10.6 Å². The number of hydrogen-bond donors (Lipinski definition) is 3. The number of halogens is 1. The lowest BCUT2D eigenvalue weighted by Gasteiger charge is -2.12. The summed E-state index contributed by atoms with van der Waals surface area (Å²) in [6, 6.07) is 9.77. The first-order valence-electron chi connectivity index (χ1n) is 8.94. The Balaban J connectivity index is 2.09. The van der Waals surface area contributed by atoms with Crippen LogP contribution in [0.25, 0.3) is 0 Å². The number of aliphatic hydroxyl groups is 1. The van der Waals surface area contributed by atoms with Gasteiger partial charge in [-0.1, -0.05) is 18.2 Å². The summed E-state index contributed by atoms with van der Waals surface area (Å²) in [5.41, 5.74) is 2.66. The molecule has 0 aromatic heterocycles. The van der Waals surface area contributed by atoms with Gasteiger partial charge in [0.25, 0.3) is 0 Å². The van der Waals surface area contributed by atoms with E-state index in [0.29, 0.717) is 36.1 Å². The maximum Gasteiger partial charge on any atom is 0.191 e. The van der Waals surface area contributed by atoms with Crippen molar-refractivity contribution in [3.05, 3.63) is 64.5 Å². The van der Waals surface area contributed by atoms with Crippen molar-refractivity contribution in [3.63, 3.8) is 0 Å². The fourth-order valence-corrected chi connectivity index (χ4v) is 3.74. The van der Waals surface area contributed by atoms with Crippen molar-refractivity contribution in [2.45, 2.75) is 38.4 Å². The Bertz CT molecular complexity index is 959. The van der Waals surface area contributed by atoms with Crippen molar-refractivity contribution >= 4 is 15.8 Å². The number of nitrogens with zero attached hydrogens (tertiary/aromatic N) is 1. The molecule has 0 saturated heterocycles. The van der Waals surface area contributed by atoms with Crippen molar-refractivity contribution in [1.82, 2.24) is 10.6 Å². The molecule has 0 radical (unpaired) electrons. The first kappa shape index (κ1) is 21.8. The highest BCUT2D eigenvalue weighted by Gasteiger charge is 2.11. The van der Waals surface area contributed by atoms with Crippen LogP contribution >= 0.6 is 0 Å². The van der Waals surface area contributed by atoms with Gasteiger partial charge in [0.2, 0.25) is 0 Å². The molecule has 0 aliphatic rings. The molecule has 0 spiro atoms. The smallest absolute Gasteiger partial charge is 0.191 e. The third-order valence-electron chi connectivity index (χ3n) is 4.14. The maximum atomic E-state index is 13.5. The molecule has 28 heavy (non-hydrogen) atoms. The highest BCUT2D eigenvalue weighted by Crippen LogP contribution is 2.17. The van der Waals surface area contributed by atoms with E-state index >= 15 is 0 Å². The van der Waals surface area contributed by atoms with Gasteiger partial charge in [0.05, 0.1) is 18.0 Å². The zero-order valence-electron chi connectivity index (χ0n) is 16.3. The predicted octanol–water partition coefficient (Wildman–Crippen LogP) is 2.29. The molecule has 2 rings (SSSR count). The van der Waals surface area contributed by atoms with Crippen molar-refractivity contribution in [2.75, 3.05) is 12.8 Å². The molecule has 0 fully saturated rings. The molecule has 3 N–H and O–H groups in total. The Kier molecular flexibility index (Phi) is 7.53. The molecule has 0 unspecified atom stereocenters. The molecule has 8 heteroatoms. The van der Waals surface area contributed by atoms with E-state index in [1.807, 2.05) is 13.0 Å². The Morgan fingerprint density at radius 3 is 2.46 bits per heavy atom. The Morgan fingerprint density at radius 1 is 1.14 bits per heavy atom. The summed E-state index contributed by atoms with van der Waals surface area (Å²) in [5.74, 6) is 0.155. The largest absolute Gasteiger partial charge is 0.392 e. The maximum absolute atomic E-state index is 13.5. The highest BCUT2D eigenvalue weighted by atomic mass is 32.2. The molecule has 0 aliphatic carbocycles. The number of rotatable bonds is 7. The summed E-state index contributed by atoms with van der Waals surface area (Å²) in [6.45, 7) is 4.83. The van der Waals surface area contributed by atoms with Gasteiger partial charge in [0, 0.05) is 24.9 Å². The van der Waals surface area contributed by atoms with Crippen molar-refractivity contribution in [1.29, 1.82) is 0 Å². The number of aliphatic imine (C=N–C) groups is 1. The molecular formula is C20H26FN3O3S. The van der Waals surface area contributed by atoms with Crippen LogP contribution in [0.1, 0.15) is 29.2 Å². The van der Waals surface area contributed by atoms with Crippen LogP contribution in [0.3, 0.4) is 0 Å². The molecule has 6 nitrogen and oxygen atoms in total. The van der Waals surface area contributed by atoms with Crippen molar-refractivity contribution in [3.8, 4) is 0 Å². The Labute approximate surface area is 165 Å². The van der Waals surface area contributed by atoms with Crippen LogP contribution in [0.15, 0.2) is 46.3 Å². The van der Waals surface area contributed by atoms with E-state index in [2.05, 4.69) is 15.6 Å². The normalized spacial score (nSPS) is 12.1. The van der Waals surface area contributed by atoms with E-state index in [0.717, 1.165) is 11.1 Å². The van der Waals surface area contributed by atoms with Gasteiger partial charge in [-0.05, 0) is 48.7 Å². The minimum absolute atomic E-state index is 0.252. The summed E-state index contributed by atoms with van der Waals surface area (Å²) in [7, 11) is -3.24. The van der Waals surface area contributed by atoms with Crippen molar-refractivity contribution < 1.29 is 17.9 Å². The summed E-state index contributed by atoms with van der Waals surface area (Å²) in [4.78, 5) is 4.83. The fourth-order valence-electron chi connectivity index (χ4n) is 2.78. The monoisotopic (exact) mass is 407 g/mol. The number of guanidine groups is 1. The second kappa shape index (κ2) is 9.66. The van der Waals surface area contributed by atoms with E-state index < -0.39 is 15.7 Å². The number of sulfone groups is 1. The van der Waals surface area contributed by atoms with Crippen molar-refractivity contribution in [2.24, 2.45) is 4.99 Å². The van der Waals surface area contributed by atoms with Gasteiger partial charge < -0.3 is 15.7 Å². The molecule has 152 valence electrons. The van der Waals surface area contributed by atoms with Gasteiger partial charge in [-0.25, -0.2) is 17.8 Å². The van der Waals surface area contributed by atoms with Gasteiger partial charge in [0.15, 0.2) is 15.8 Å². The van der Waals surface area contributed by atoms with Gasteiger partial charge in [-0.15, -0.1) is 0 Å². The van der Waals surface area contributed by atoms with E-state index in [1.54, 1.807) is 31.2 Å². The fraction of sp³-hybridized carbons (Fsp3) is 0.350. The van der Waals surface area contributed by atoms with Crippen LogP contribution in [0.5, 0.6) is 0 Å². The topological polar surface area (TPSA) is 90.8 Å². The van der Waals surface area contributed by atoms with Crippen LogP contribution in [0.2, 0.25) is 0 Å². The van der Waals surface area contributed by atoms with Gasteiger partial charge in [-0.2, -0.15) is 0 Å². The van der Waals surface area contributed by atoms with E-state index in [-0.39, 0.29) is 12.2 Å². The number of nitrogens with one attached hydrogen (secondary N) is 2. The molecule has 2 aromatic rings. The quantitative estimate of drug-likeness (QED) is 0.484. The third-order valence-corrected chi connectivity index (χ3v) is 5.40. The number of aryl methyl sites for hydroxylation is 1.